The van der Waals surface area contributed by atoms with E-state index in [2.05, 4.69) is 16.6 Å². The van der Waals surface area contributed by atoms with Gasteiger partial charge in [0, 0.05) is 46.7 Å². The van der Waals surface area contributed by atoms with Crippen molar-refractivity contribution in [3.05, 3.63) is 18.0 Å². The summed E-state index contributed by atoms with van der Waals surface area (Å²) in [6.07, 6.45) is 8.68. The van der Waals surface area contributed by atoms with Crippen molar-refractivity contribution < 1.29 is 9.47 Å². The van der Waals surface area contributed by atoms with Crippen LogP contribution in [-0.2, 0) is 22.9 Å². The molecule has 0 amide bonds. The van der Waals surface area contributed by atoms with E-state index in [9.17, 15) is 0 Å². The van der Waals surface area contributed by atoms with E-state index in [4.69, 9.17) is 9.47 Å². The van der Waals surface area contributed by atoms with Gasteiger partial charge in [0.05, 0.1) is 12.8 Å². The van der Waals surface area contributed by atoms with Crippen LogP contribution in [0.25, 0.3) is 0 Å². The maximum absolute atomic E-state index is 5.54. The van der Waals surface area contributed by atoms with Gasteiger partial charge in [0.15, 0.2) is 0 Å². The maximum atomic E-state index is 5.54. The fourth-order valence-electron chi connectivity index (χ4n) is 2.86. The molecule has 1 N–H and O–H groups in total. The second-order valence-electron chi connectivity index (χ2n) is 5.80. The van der Waals surface area contributed by atoms with Crippen molar-refractivity contribution >= 4 is 0 Å². The normalized spacial score (nSPS) is 18.3. The Hall–Kier alpha value is -0.910. The first-order valence-electron chi connectivity index (χ1n) is 7.49. The molecule has 0 saturated carbocycles. The Kier molecular flexibility index (Phi) is 6.01. The molecule has 0 bridgehead atoms. The van der Waals surface area contributed by atoms with Gasteiger partial charge in [-0.1, -0.05) is 0 Å². The molecule has 5 nitrogen and oxygen atoms in total. The van der Waals surface area contributed by atoms with Gasteiger partial charge in [0.2, 0.25) is 0 Å². The van der Waals surface area contributed by atoms with Crippen LogP contribution in [0.2, 0.25) is 0 Å². The minimum absolute atomic E-state index is 0.363. The minimum atomic E-state index is 0.363. The van der Waals surface area contributed by atoms with Crippen LogP contribution in [0.1, 0.15) is 24.8 Å². The number of aromatic nitrogens is 2. The van der Waals surface area contributed by atoms with Gasteiger partial charge in [-0.3, -0.25) is 4.68 Å². The van der Waals surface area contributed by atoms with Crippen LogP contribution < -0.4 is 5.32 Å². The molecular formula is C15H27N3O2. The molecule has 0 aromatic carbocycles. The largest absolute Gasteiger partial charge is 0.383 e. The first-order chi connectivity index (χ1) is 9.74. The molecule has 0 unspecified atom stereocenters. The third-order valence-electron chi connectivity index (χ3n) is 4.24. The molecule has 0 atom stereocenters. The topological polar surface area (TPSA) is 48.3 Å². The molecule has 2 heterocycles. The summed E-state index contributed by atoms with van der Waals surface area (Å²) < 4.78 is 12.5. The Morgan fingerprint density at radius 2 is 2.25 bits per heavy atom. The summed E-state index contributed by atoms with van der Waals surface area (Å²) in [7, 11) is 3.72. The molecule has 1 aromatic heterocycles. The number of aryl methyl sites for hydroxylation is 2. The van der Waals surface area contributed by atoms with Crippen molar-refractivity contribution in [1.82, 2.24) is 15.1 Å². The third kappa shape index (κ3) is 4.58. The first-order valence-corrected chi connectivity index (χ1v) is 7.49. The van der Waals surface area contributed by atoms with Gasteiger partial charge in [0.1, 0.15) is 0 Å². The standard InChI is InChI=1S/C15H27N3O2/c1-18-12-14(11-17-18)3-4-15(5-8-20-9-6-15)13-16-7-10-19-2/h11-12,16H,3-10,13H2,1-2H3. The van der Waals surface area contributed by atoms with E-state index in [1.807, 2.05) is 17.9 Å². The van der Waals surface area contributed by atoms with E-state index in [1.54, 1.807) is 7.11 Å². The Balaban J connectivity index is 1.85. The third-order valence-corrected chi connectivity index (χ3v) is 4.24. The van der Waals surface area contributed by atoms with Crippen LogP contribution in [0.3, 0.4) is 0 Å². The Labute approximate surface area is 121 Å². The number of ether oxygens (including phenoxy) is 2. The van der Waals surface area contributed by atoms with E-state index in [0.29, 0.717) is 5.41 Å². The lowest BCUT2D eigenvalue weighted by atomic mass is 9.75. The fourth-order valence-corrected chi connectivity index (χ4v) is 2.86. The van der Waals surface area contributed by atoms with E-state index in [-0.39, 0.29) is 0 Å². The molecule has 1 fully saturated rings. The Morgan fingerprint density at radius 1 is 1.45 bits per heavy atom. The van der Waals surface area contributed by atoms with Crippen molar-refractivity contribution in [2.45, 2.75) is 25.7 Å². The summed E-state index contributed by atoms with van der Waals surface area (Å²) in [5, 5.41) is 7.79. The highest BCUT2D eigenvalue weighted by molar-refractivity contribution is 5.05. The zero-order valence-electron chi connectivity index (χ0n) is 12.7. The Bertz CT molecular complexity index is 386. The van der Waals surface area contributed by atoms with Crippen molar-refractivity contribution in [2.24, 2.45) is 12.5 Å². The molecular weight excluding hydrogens is 254 g/mol. The molecule has 1 aliphatic heterocycles. The SMILES string of the molecule is COCCNCC1(CCc2cnn(C)c2)CCOCC1. The van der Waals surface area contributed by atoms with Gasteiger partial charge in [-0.2, -0.15) is 5.10 Å². The van der Waals surface area contributed by atoms with Crippen LogP contribution in [0.5, 0.6) is 0 Å². The predicted octanol–water partition coefficient (Wildman–Crippen LogP) is 1.39. The van der Waals surface area contributed by atoms with Crippen LogP contribution in [0.4, 0.5) is 0 Å². The Morgan fingerprint density at radius 3 is 2.90 bits per heavy atom. The number of rotatable bonds is 8. The van der Waals surface area contributed by atoms with Crippen molar-refractivity contribution in [3.63, 3.8) is 0 Å². The van der Waals surface area contributed by atoms with Crippen LogP contribution in [-0.4, -0.2) is 49.8 Å². The molecule has 5 heteroatoms. The molecule has 114 valence electrons. The fraction of sp³-hybridized carbons (Fsp3) is 0.800. The zero-order valence-corrected chi connectivity index (χ0v) is 12.7. The second-order valence-corrected chi connectivity index (χ2v) is 5.80. The summed E-state index contributed by atoms with van der Waals surface area (Å²) in [5.74, 6) is 0. The van der Waals surface area contributed by atoms with Crippen molar-refractivity contribution in [3.8, 4) is 0 Å². The van der Waals surface area contributed by atoms with E-state index < -0.39 is 0 Å². The average Bonchev–Trinajstić information content (AvgIpc) is 2.89. The minimum Gasteiger partial charge on any atom is -0.383 e. The number of nitrogens with zero attached hydrogens (tertiary/aromatic N) is 2. The lowest BCUT2D eigenvalue weighted by molar-refractivity contribution is 0.00997. The zero-order chi connectivity index (χ0) is 14.3. The van der Waals surface area contributed by atoms with Crippen molar-refractivity contribution in [2.75, 3.05) is 40.0 Å². The average molecular weight is 281 g/mol. The summed E-state index contributed by atoms with van der Waals surface area (Å²) in [6.45, 7) is 4.53. The van der Waals surface area contributed by atoms with E-state index in [0.717, 1.165) is 52.2 Å². The number of hydrogen-bond acceptors (Lipinski definition) is 4. The molecule has 20 heavy (non-hydrogen) atoms. The smallest absolute Gasteiger partial charge is 0.0587 e. The highest BCUT2D eigenvalue weighted by Crippen LogP contribution is 2.34. The predicted molar refractivity (Wildman–Crippen MR) is 78.8 cm³/mol. The van der Waals surface area contributed by atoms with Crippen molar-refractivity contribution in [1.29, 1.82) is 0 Å². The monoisotopic (exact) mass is 281 g/mol. The van der Waals surface area contributed by atoms with Crippen LogP contribution in [0.15, 0.2) is 12.4 Å². The number of methoxy groups -OCH3 is 1. The van der Waals surface area contributed by atoms with Gasteiger partial charge in [-0.15, -0.1) is 0 Å². The molecule has 1 saturated heterocycles. The van der Waals surface area contributed by atoms with Gasteiger partial charge in [0.25, 0.3) is 0 Å². The van der Waals surface area contributed by atoms with Crippen LogP contribution in [0, 0.1) is 5.41 Å². The quantitative estimate of drug-likeness (QED) is 0.732. The van der Waals surface area contributed by atoms with Gasteiger partial charge >= 0.3 is 0 Å². The maximum Gasteiger partial charge on any atom is 0.0587 e. The highest BCUT2D eigenvalue weighted by atomic mass is 16.5. The summed E-state index contributed by atoms with van der Waals surface area (Å²) >= 11 is 0. The summed E-state index contributed by atoms with van der Waals surface area (Å²) in [5.41, 5.74) is 1.69. The lowest BCUT2D eigenvalue weighted by Gasteiger charge is -2.37. The number of nitrogens with one attached hydrogen (secondary N) is 1. The second kappa shape index (κ2) is 7.76. The number of hydrogen-bond donors (Lipinski definition) is 1. The molecule has 0 aliphatic carbocycles. The van der Waals surface area contributed by atoms with Crippen LogP contribution >= 0.6 is 0 Å². The molecule has 1 aromatic rings. The molecule has 2 rings (SSSR count). The van der Waals surface area contributed by atoms with E-state index >= 15 is 0 Å². The summed E-state index contributed by atoms with van der Waals surface area (Å²) in [4.78, 5) is 0. The van der Waals surface area contributed by atoms with Gasteiger partial charge in [-0.25, -0.2) is 0 Å². The molecule has 0 spiro atoms. The van der Waals surface area contributed by atoms with Gasteiger partial charge in [-0.05, 0) is 36.7 Å². The first kappa shape index (κ1) is 15.5. The lowest BCUT2D eigenvalue weighted by Crippen LogP contribution is -2.40. The highest BCUT2D eigenvalue weighted by Gasteiger charge is 2.31. The van der Waals surface area contributed by atoms with Gasteiger partial charge < -0.3 is 14.8 Å². The summed E-state index contributed by atoms with van der Waals surface area (Å²) in [6, 6.07) is 0. The van der Waals surface area contributed by atoms with E-state index in [1.165, 1.54) is 12.0 Å². The molecule has 0 radical (unpaired) electrons. The molecule has 1 aliphatic rings.